The lowest BCUT2D eigenvalue weighted by Gasteiger charge is -2.18. The van der Waals surface area contributed by atoms with E-state index >= 15 is 0 Å². The normalized spacial score (nSPS) is 13.7. The number of nitrogens with one attached hydrogen (secondary N) is 1. The number of hydrogen-bond donors (Lipinski definition) is 1. The summed E-state index contributed by atoms with van der Waals surface area (Å²) in [5.41, 5.74) is 2.90. The Morgan fingerprint density at radius 2 is 1.86 bits per heavy atom. The third-order valence-corrected chi connectivity index (χ3v) is 3.83. The Morgan fingerprint density at radius 3 is 2.59 bits per heavy atom. The van der Waals surface area contributed by atoms with Crippen LogP contribution in [0.1, 0.15) is 40.9 Å². The van der Waals surface area contributed by atoms with Crippen molar-refractivity contribution in [1.82, 2.24) is 5.32 Å². The van der Waals surface area contributed by atoms with E-state index in [-0.39, 0.29) is 18.7 Å². The molecule has 0 radical (unpaired) electrons. The van der Waals surface area contributed by atoms with Crippen molar-refractivity contribution < 1.29 is 14.3 Å². The van der Waals surface area contributed by atoms with Crippen LogP contribution in [0.25, 0.3) is 0 Å². The van der Waals surface area contributed by atoms with Crippen molar-refractivity contribution in [2.75, 3.05) is 6.79 Å². The molecule has 0 fully saturated rings. The molecule has 0 aromatic heterocycles. The first kappa shape index (κ1) is 14.4. The smallest absolute Gasteiger partial charge is 0.251 e. The van der Waals surface area contributed by atoms with Crippen molar-refractivity contribution in [2.24, 2.45) is 0 Å². The number of fused-ring (bicyclic) bond motifs is 1. The van der Waals surface area contributed by atoms with Crippen molar-refractivity contribution in [3.8, 4) is 11.5 Å². The van der Waals surface area contributed by atoms with E-state index < -0.39 is 0 Å². The molecule has 1 amide bonds. The van der Waals surface area contributed by atoms with Crippen molar-refractivity contribution >= 4 is 5.91 Å². The van der Waals surface area contributed by atoms with Gasteiger partial charge < -0.3 is 14.8 Å². The quantitative estimate of drug-likeness (QED) is 0.938. The van der Waals surface area contributed by atoms with Crippen LogP contribution in [0.2, 0.25) is 0 Å². The monoisotopic (exact) mass is 297 g/mol. The van der Waals surface area contributed by atoms with E-state index in [1.54, 1.807) is 18.2 Å². The number of hydrogen-bond acceptors (Lipinski definition) is 3. The first-order chi connectivity index (χ1) is 10.7. The number of aryl methyl sites for hydroxylation is 1. The van der Waals surface area contributed by atoms with Crippen LogP contribution in [0.5, 0.6) is 11.5 Å². The van der Waals surface area contributed by atoms with Crippen LogP contribution in [0, 0.1) is 6.92 Å². The third-order valence-electron chi connectivity index (χ3n) is 3.83. The highest BCUT2D eigenvalue weighted by Crippen LogP contribution is 2.32. The van der Waals surface area contributed by atoms with Crippen LogP contribution in [0.4, 0.5) is 0 Å². The van der Waals surface area contributed by atoms with Crippen molar-refractivity contribution in [1.29, 1.82) is 0 Å². The van der Waals surface area contributed by atoms with E-state index in [2.05, 4.69) is 43.4 Å². The molecule has 4 nitrogen and oxygen atoms in total. The maximum absolute atomic E-state index is 12.4. The zero-order chi connectivity index (χ0) is 15.5. The molecule has 2 aromatic carbocycles. The molecule has 1 atom stereocenters. The Labute approximate surface area is 130 Å². The molecular formula is C18H19NO3. The molecule has 2 aromatic rings. The van der Waals surface area contributed by atoms with Gasteiger partial charge in [0.2, 0.25) is 6.79 Å². The van der Waals surface area contributed by atoms with Gasteiger partial charge in [0, 0.05) is 5.56 Å². The summed E-state index contributed by atoms with van der Waals surface area (Å²) < 4.78 is 10.6. The van der Waals surface area contributed by atoms with E-state index in [9.17, 15) is 4.79 Å². The van der Waals surface area contributed by atoms with Gasteiger partial charge in [0.15, 0.2) is 11.5 Å². The van der Waals surface area contributed by atoms with Gasteiger partial charge in [-0.05, 0) is 37.1 Å². The van der Waals surface area contributed by atoms with Crippen LogP contribution in [-0.4, -0.2) is 12.7 Å². The predicted octanol–water partition coefficient (Wildman–Crippen LogP) is 3.60. The van der Waals surface area contributed by atoms with Crippen LogP contribution < -0.4 is 14.8 Å². The molecule has 1 aliphatic heterocycles. The van der Waals surface area contributed by atoms with Crippen LogP contribution in [0.3, 0.4) is 0 Å². The maximum Gasteiger partial charge on any atom is 0.251 e. The average molecular weight is 297 g/mol. The molecular weight excluding hydrogens is 278 g/mol. The fourth-order valence-electron chi connectivity index (χ4n) is 2.50. The van der Waals surface area contributed by atoms with Gasteiger partial charge in [0.05, 0.1) is 6.04 Å². The van der Waals surface area contributed by atoms with Gasteiger partial charge in [-0.3, -0.25) is 4.79 Å². The topological polar surface area (TPSA) is 47.6 Å². The first-order valence-corrected chi connectivity index (χ1v) is 7.44. The predicted molar refractivity (Wildman–Crippen MR) is 84.2 cm³/mol. The summed E-state index contributed by atoms with van der Waals surface area (Å²) in [6, 6.07) is 13.5. The Bertz CT molecular complexity index is 679. The molecule has 1 N–H and O–H groups in total. The molecule has 3 rings (SSSR count). The molecule has 1 aliphatic rings. The van der Waals surface area contributed by atoms with Crippen molar-refractivity contribution in [2.45, 2.75) is 26.3 Å². The Hall–Kier alpha value is -2.49. The molecule has 0 saturated carbocycles. The first-order valence-electron chi connectivity index (χ1n) is 7.44. The number of rotatable bonds is 4. The number of benzene rings is 2. The second kappa shape index (κ2) is 6.10. The molecule has 0 bridgehead atoms. The van der Waals surface area contributed by atoms with Crippen molar-refractivity contribution in [3.05, 3.63) is 59.2 Å². The van der Waals surface area contributed by atoms with Gasteiger partial charge >= 0.3 is 0 Å². The molecule has 114 valence electrons. The molecule has 1 heterocycles. The number of ether oxygens (including phenoxy) is 2. The molecule has 22 heavy (non-hydrogen) atoms. The number of amides is 1. The summed E-state index contributed by atoms with van der Waals surface area (Å²) in [6.07, 6.45) is 0.833. The minimum absolute atomic E-state index is 0.00137. The highest BCUT2D eigenvalue weighted by Gasteiger charge is 2.18. The highest BCUT2D eigenvalue weighted by molar-refractivity contribution is 5.95. The van der Waals surface area contributed by atoms with Gasteiger partial charge in [-0.1, -0.05) is 36.8 Å². The fourth-order valence-corrected chi connectivity index (χ4v) is 2.50. The van der Waals surface area contributed by atoms with Crippen molar-refractivity contribution in [3.63, 3.8) is 0 Å². The summed E-state index contributed by atoms with van der Waals surface area (Å²) in [4.78, 5) is 12.4. The second-order valence-electron chi connectivity index (χ2n) is 5.41. The minimum atomic E-state index is -0.106. The van der Waals surface area contributed by atoms with Crippen LogP contribution in [0.15, 0.2) is 42.5 Å². The highest BCUT2D eigenvalue weighted by atomic mass is 16.7. The Balaban J connectivity index is 1.76. The zero-order valence-electron chi connectivity index (χ0n) is 12.8. The molecule has 0 spiro atoms. The van der Waals surface area contributed by atoms with Crippen LogP contribution >= 0.6 is 0 Å². The van der Waals surface area contributed by atoms with E-state index in [0.29, 0.717) is 17.1 Å². The standard InChI is InChI=1S/C18H19NO3/c1-3-15(13-6-4-12(2)5-7-13)19-18(20)14-8-9-16-17(10-14)22-11-21-16/h4-10,15H,3,11H2,1-2H3,(H,19,20)/t15-/m1/s1. The summed E-state index contributed by atoms with van der Waals surface area (Å²) >= 11 is 0. The zero-order valence-corrected chi connectivity index (χ0v) is 12.8. The average Bonchev–Trinajstić information content (AvgIpc) is 3.01. The summed E-state index contributed by atoms with van der Waals surface area (Å²) in [5.74, 6) is 1.20. The van der Waals surface area contributed by atoms with E-state index in [0.717, 1.165) is 12.0 Å². The summed E-state index contributed by atoms with van der Waals surface area (Å²) in [7, 11) is 0. The molecule has 4 heteroatoms. The summed E-state index contributed by atoms with van der Waals surface area (Å²) in [6.45, 7) is 4.32. The lowest BCUT2D eigenvalue weighted by atomic mass is 10.0. The van der Waals surface area contributed by atoms with E-state index in [1.165, 1.54) is 5.56 Å². The van der Waals surface area contributed by atoms with Gasteiger partial charge in [-0.2, -0.15) is 0 Å². The molecule has 0 aliphatic carbocycles. The second-order valence-corrected chi connectivity index (χ2v) is 5.41. The van der Waals surface area contributed by atoms with Gasteiger partial charge in [0.25, 0.3) is 5.91 Å². The minimum Gasteiger partial charge on any atom is -0.454 e. The van der Waals surface area contributed by atoms with E-state index in [4.69, 9.17) is 9.47 Å². The van der Waals surface area contributed by atoms with Crippen LogP contribution in [-0.2, 0) is 0 Å². The fraction of sp³-hybridized carbons (Fsp3) is 0.278. The lowest BCUT2D eigenvalue weighted by molar-refractivity contribution is 0.0935. The Kier molecular flexibility index (Phi) is 4.00. The maximum atomic E-state index is 12.4. The molecule has 0 unspecified atom stereocenters. The number of carbonyl (C=O) groups excluding carboxylic acids is 1. The molecule has 0 saturated heterocycles. The van der Waals surface area contributed by atoms with Gasteiger partial charge in [0.1, 0.15) is 0 Å². The Morgan fingerprint density at radius 1 is 1.14 bits per heavy atom. The number of carbonyl (C=O) groups is 1. The largest absolute Gasteiger partial charge is 0.454 e. The summed E-state index contributed by atoms with van der Waals surface area (Å²) in [5, 5.41) is 3.07. The third kappa shape index (κ3) is 2.91. The lowest BCUT2D eigenvalue weighted by Crippen LogP contribution is -2.28. The van der Waals surface area contributed by atoms with Gasteiger partial charge in [-0.25, -0.2) is 0 Å². The van der Waals surface area contributed by atoms with Gasteiger partial charge in [-0.15, -0.1) is 0 Å². The SMILES string of the molecule is CC[C@@H](NC(=O)c1ccc2c(c1)OCO2)c1ccc(C)cc1. The van der Waals surface area contributed by atoms with E-state index in [1.807, 2.05) is 0 Å².